The highest BCUT2D eigenvalue weighted by Crippen LogP contribution is 2.57. The average molecular weight is 401 g/mol. The molecule has 2 heterocycles. The molecule has 28 heavy (non-hydrogen) atoms. The number of aromatic nitrogens is 4. The summed E-state index contributed by atoms with van der Waals surface area (Å²) in [6.45, 7) is 0. The number of ether oxygens (including phenoxy) is 1. The number of nitrogens with one attached hydrogen (secondary N) is 1. The van der Waals surface area contributed by atoms with Gasteiger partial charge in [0.2, 0.25) is 0 Å². The van der Waals surface area contributed by atoms with Crippen LogP contribution in [0.5, 0.6) is 10.9 Å². The Labute approximate surface area is 165 Å². The van der Waals surface area contributed by atoms with E-state index in [1.807, 2.05) is 13.1 Å². The van der Waals surface area contributed by atoms with Gasteiger partial charge in [0.15, 0.2) is 10.7 Å². The monoisotopic (exact) mass is 401 g/mol. The maximum Gasteiger partial charge on any atom is 0.294 e. The predicted molar refractivity (Wildman–Crippen MR) is 103 cm³/mol. The van der Waals surface area contributed by atoms with E-state index in [1.54, 1.807) is 35.4 Å². The Kier molecular flexibility index (Phi) is 3.92. The number of hydrogen-bond acceptors (Lipinski definition) is 7. The molecule has 2 aliphatic carbocycles. The molecule has 0 unspecified atom stereocenters. The molecule has 2 aromatic heterocycles. The van der Waals surface area contributed by atoms with Crippen molar-refractivity contribution in [1.82, 2.24) is 25.1 Å². The summed E-state index contributed by atoms with van der Waals surface area (Å²) in [5, 5.41) is 22.6. The van der Waals surface area contributed by atoms with Crippen LogP contribution in [0, 0.1) is 0 Å². The molecule has 2 saturated carbocycles. The third kappa shape index (κ3) is 2.46. The Morgan fingerprint density at radius 1 is 1.36 bits per heavy atom. The van der Waals surface area contributed by atoms with E-state index in [0.717, 1.165) is 18.5 Å². The predicted octanol–water partition coefficient (Wildman–Crippen LogP) is 3.10. The second-order valence-corrected chi connectivity index (χ2v) is 8.34. The van der Waals surface area contributed by atoms with Crippen molar-refractivity contribution in [3.05, 3.63) is 36.9 Å². The minimum absolute atomic E-state index is 0.0875. The van der Waals surface area contributed by atoms with Crippen LogP contribution in [0.4, 0.5) is 4.39 Å². The SMILES string of the molecule is CN[C@@]12CCC[C@]1(F)[C@@H](Oc1nnc(-c3ccc(-n4ccnc4)cc3O)s1)C2. The number of nitrogens with zero attached hydrogens (tertiary/aromatic N) is 4. The Bertz CT molecular complexity index is 1010. The standard InChI is InChI=1S/C19H20FN5O2S/c1-21-18-5-2-6-19(18,20)15(10-18)27-17-24-23-16(28-17)13-4-3-12(9-14(13)26)25-8-7-22-11-25/h3-4,7-9,11,15,21,26H,2,5-6,10H2,1H3/t15-,18+,19-/m0/s1. The van der Waals surface area contributed by atoms with Crippen molar-refractivity contribution in [2.24, 2.45) is 0 Å². The molecule has 2 fully saturated rings. The van der Waals surface area contributed by atoms with Gasteiger partial charge in [-0.15, -0.1) is 5.10 Å². The van der Waals surface area contributed by atoms with Crippen LogP contribution in [-0.4, -0.2) is 49.2 Å². The molecular weight excluding hydrogens is 381 g/mol. The molecule has 0 bridgehead atoms. The molecule has 2 aliphatic rings. The fourth-order valence-corrected chi connectivity index (χ4v) is 5.29. The van der Waals surface area contributed by atoms with E-state index in [9.17, 15) is 5.11 Å². The molecule has 5 rings (SSSR count). The number of alkyl halides is 1. The van der Waals surface area contributed by atoms with E-state index in [0.29, 0.717) is 28.6 Å². The summed E-state index contributed by atoms with van der Waals surface area (Å²) in [7, 11) is 1.81. The van der Waals surface area contributed by atoms with Crippen molar-refractivity contribution >= 4 is 11.3 Å². The van der Waals surface area contributed by atoms with Crippen molar-refractivity contribution in [1.29, 1.82) is 0 Å². The third-order valence-electron chi connectivity index (χ3n) is 6.13. The quantitative estimate of drug-likeness (QED) is 0.683. The number of aromatic hydroxyl groups is 1. The lowest BCUT2D eigenvalue weighted by Crippen LogP contribution is -2.73. The number of rotatable bonds is 5. The van der Waals surface area contributed by atoms with Crippen molar-refractivity contribution < 1.29 is 14.2 Å². The maximum atomic E-state index is 15.4. The van der Waals surface area contributed by atoms with E-state index in [2.05, 4.69) is 20.5 Å². The van der Waals surface area contributed by atoms with Crippen molar-refractivity contribution in [2.45, 2.75) is 43.0 Å². The van der Waals surface area contributed by atoms with E-state index >= 15 is 4.39 Å². The fourth-order valence-electron chi connectivity index (χ4n) is 4.51. The zero-order chi connectivity index (χ0) is 19.4. The van der Waals surface area contributed by atoms with Crippen LogP contribution in [0.3, 0.4) is 0 Å². The van der Waals surface area contributed by atoms with Crippen molar-refractivity contribution in [2.75, 3.05) is 7.05 Å². The Balaban J connectivity index is 1.35. The number of phenols is 1. The molecule has 0 saturated heterocycles. The number of halogens is 1. The lowest BCUT2D eigenvalue weighted by Gasteiger charge is -2.54. The topological polar surface area (TPSA) is 85.1 Å². The summed E-state index contributed by atoms with van der Waals surface area (Å²) < 4.78 is 23.0. The normalized spacial score (nSPS) is 28.7. The minimum Gasteiger partial charge on any atom is -0.507 e. The van der Waals surface area contributed by atoms with E-state index in [-0.39, 0.29) is 5.75 Å². The molecule has 0 aliphatic heterocycles. The number of hydrogen-bond donors (Lipinski definition) is 2. The Morgan fingerprint density at radius 3 is 3.00 bits per heavy atom. The van der Waals surface area contributed by atoms with Crippen LogP contribution in [0.1, 0.15) is 25.7 Å². The number of fused-ring (bicyclic) bond motifs is 1. The highest BCUT2D eigenvalue weighted by Gasteiger charge is 2.70. The van der Waals surface area contributed by atoms with Gasteiger partial charge in [0.25, 0.3) is 5.19 Å². The molecule has 3 aromatic rings. The zero-order valence-electron chi connectivity index (χ0n) is 15.3. The first-order valence-electron chi connectivity index (χ1n) is 9.24. The summed E-state index contributed by atoms with van der Waals surface area (Å²) in [4.78, 5) is 4.00. The van der Waals surface area contributed by atoms with Gasteiger partial charge in [-0.25, -0.2) is 9.37 Å². The van der Waals surface area contributed by atoms with Gasteiger partial charge >= 0.3 is 0 Å². The van der Waals surface area contributed by atoms with Crippen LogP contribution < -0.4 is 10.1 Å². The number of phenolic OH excluding ortho intramolecular Hbond substituents is 1. The van der Waals surface area contributed by atoms with Gasteiger partial charge in [-0.1, -0.05) is 16.4 Å². The molecule has 0 radical (unpaired) electrons. The first-order chi connectivity index (χ1) is 13.5. The molecule has 146 valence electrons. The molecular formula is C19H20FN5O2S. The van der Waals surface area contributed by atoms with Gasteiger partial charge in [-0.2, -0.15) is 0 Å². The molecule has 2 N–H and O–H groups in total. The Morgan fingerprint density at radius 2 is 2.25 bits per heavy atom. The molecule has 0 spiro atoms. The minimum atomic E-state index is -1.36. The highest BCUT2D eigenvalue weighted by molar-refractivity contribution is 7.16. The van der Waals surface area contributed by atoms with Gasteiger partial charge in [-0.05, 0) is 38.4 Å². The van der Waals surface area contributed by atoms with E-state index in [4.69, 9.17) is 4.74 Å². The maximum absolute atomic E-state index is 15.4. The average Bonchev–Trinajstić information content (AvgIpc) is 3.42. The second kappa shape index (κ2) is 6.25. The largest absolute Gasteiger partial charge is 0.507 e. The summed E-state index contributed by atoms with van der Waals surface area (Å²) in [5.41, 5.74) is -0.474. The third-order valence-corrected chi connectivity index (χ3v) is 6.97. The molecule has 7 nitrogen and oxygen atoms in total. The lowest BCUT2D eigenvalue weighted by molar-refractivity contribution is -0.137. The van der Waals surface area contributed by atoms with Gasteiger partial charge < -0.3 is 19.7 Å². The van der Waals surface area contributed by atoms with E-state index < -0.39 is 17.3 Å². The van der Waals surface area contributed by atoms with Crippen LogP contribution in [0.2, 0.25) is 0 Å². The Hall–Kier alpha value is -2.52. The fraction of sp³-hybridized carbons (Fsp3) is 0.421. The van der Waals surface area contributed by atoms with Crippen LogP contribution in [0.15, 0.2) is 36.9 Å². The number of benzene rings is 1. The second-order valence-electron chi connectivity index (χ2n) is 7.40. The number of imidazole rings is 1. The highest BCUT2D eigenvalue weighted by atomic mass is 32.1. The summed E-state index contributed by atoms with van der Waals surface area (Å²) in [6.07, 6.45) is 7.43. The lowest BCUT2D eigenvalue weighted by atomic mass is 9.64. The van der Waals surface area contributed by atoms with Gasteiger partial charge in [0, 0.05) is 24.9 Å². The molecule has 9 heteroatoms. The summed E-state index contributed by atoms with van der Waals surface area (Å²) >= 11 is 1.21. The van der Waals surface area contributed by atoms with Crippen LogP contribution in [-0.2, 0) is 0 Å². The smallest absolute Gasteiger partial charge is 0.294 e. The first kappa shape index (κ1) is 17.6. The first-order valence-corrected chi connectivity index (χ1v) is 10.1. The molecule has 3 atom stereocenters. The van der Waals surface area contributed by atoms with Crippen molar-refractivity contribution in [3.63, 3.8) is 0 Å². The van der Waals surface area contributed by atoms with Crippen molar-refractivity contribution in [3.8, 4) is 27.2 Å². The summed E-state index contributed by atoms with van der Waals surface area (Å²) in [6, 6.07) is 5.28. The van der Waals surface area contributed by atoms with Gasteiger partial charge in [0.05, 0.1) is 23.1 Å². The summed E-state index contributed by atoms with van der Waals surface area (Å²) in [5.74, 6) is 0.0875. The van der Waals surface area contributed by atoms with Crippen LogP contribution >= 0.6 is 11.3 Å². The van der Waals surface area contributed by atoms with Gasteiger partial charge in [0.1, 0.15) is 11.9 Å². The molecule has 0 amide bonds. The zero-order valence-corrected chi connectivity index (χ0v) is 16.1. The van der Waals surface area contributed by atoms with Crippen LogP contribution in [0.25, 0.3) is 16.3 Å². The molecule has 1 aromatic carbocycles. The van der Waals surface area contributed by atoms with E-state index in [1.165, 1.54) is 11.3 Å². The van der Waals surface area contributed by atoms with Gasteiger partial charge in [-0.3, -0.25) is 0 Å².